The molecule has 0 N–H and O–H groups in total. The summed E-state index contributed by atoms with van der Waals surface area (Å²) in [5.41, 5.74) is 3.03. The largest absolute Gasteiger partial charge is 0.497 e. The van der Waals surface area contributed by atoms with Crippen LogP contribution in [0.4, 0.5) is 0 Å². The van der Waals surface area contributed by atoms with E-state index in [1.165, 1.54) is 66.7 Å². The van der Waals surface area contributed by atoms with Gasteiger partial charge in [0.1, 0.15) is 0 Å². The Labute approximate surface area is 282 Å². The summed E-state index contributed by atoms with van der Waals surface area (Å²) >= 11 is 3.63. The van der Waals surface area contributed by atoms with E-state index in [1.807, 2.05) is 22.7 Å². The molecular weight excluding hydrogens is 587 g/mol. The second-order valence-corrected chi connectivity index (χ2v) is 16.8. The maximum Gasteiger partial charge on any atom is 0.497 e. The van der Waals surface area contributed by atoms with Crippen LogP contribution >= 0.6 is 22.7 Å². The average Bonchev–Trinajstić information content (AvgIpc) is 3.68. The van der Waals surface area contributed by atoms with Gasteiger partial charge in [-0.3, -0.25) is 0 Å². The van der Waals surface area contributed by atoms with Crippen molar-refractivity contribution < 1.29 is 9.31 Å². The average molecular weight is 641 g/mol. The van der Waals surface area contributed by atoms with Gasteiger partial charge in [-0.15, -0.1) is 22.7 Å². The molecule has 0 amide bonds. The monoisotopic (exact) mass is 640 g/mol. The van der Waals surface area contributed by atoms with E-state index in [4.69, 9.17) is 9.31 Å². The van der Waals surface area contributed by atoms with E-state index in [1.54, 1.807) is 0 Å². The van der Waals surface area contributed by atoms with Crippen LogP contribution in [0.2, 0.25) is 0 Å². The highest BCUT2D eigenvalue weighted by Crippen LogP contribution is 2.37. The van der Waals surface area contributed by atoms with Crippen LogP contribution in [-0.2, 0) is 27.6 Å². The summed E-state index contributed by atoms with van der Waals surface area (Å²) in [5.74, 6) is 14.2. The fourth-order valence-corrected chi connectivity index (χ4v) is 7.18. The molecule has 1 aliphatic rings. The fraction of sp³-hybridized carbons (Fsp3) is 0.550. The minimum Gasteiger partial charge on any atom is -0.399 e. The van der Waals surface area contributed by atoms with E-state index < -0.39 is 18.3 Å². The minimum atomic E-state index is -0.549. The van der Waals surface area contributed by atoms with Gasteiger partial charge in [0.15, 0.2) is 0 Å². The number of rotatable bonds is 11. The molecule has 0 saturated carbocycles. The zero-order valence-corrected chi connectivity index (χ0v) is 30.9. The summed E-state index contributed by atoms with van der Waals surface area (Å²) in [4.78, 5) is 5.02. The lowest BCUT2D eigenvalue weighted by Gasteiger charge is -2.32. The van der Waals surface area contributed by atoms with E-state index >= 15 is 0 Å². The van der Waals surface area contributed by atoms with Crippen molar-refractivity contribution in [3.05, 3.63) is 72.6 Å². The fourth-order valence-electron chi connectivity index (χ4n) is 5.38. The van der Waals surface area contributed by atoms with Crippen LogP contribution in [0.15, 0.2) is 36.4 Å². The predicted molar refractivity (Wildman–Crippen MR) is 197 cm³/mol. The molecule has 0 atom stereocenters. The molecule has 3 aromatic rings. The van der Waals surface area contributed by atoms with Gasteiger partial charge in [0.2, 0.25) is 0 Å². The summed E-state index contributed by atoms with van der Waals surface area (Å²) in [7, 11) is -0.549. The quantitative estimate of drug-likeness (QED) is 0.118. The third-order valence-corrected chi connectivity index (χ3v) is 11.2. The van der Waals surface area contributed by atoms with E-state index in [2.05, 4.69) is 122 Å². The van der Waals surface area contributed by atoms with Crippen LogP contribution in [0.3, 0.4) is 0 Å². The molecule has 1 fully saturated rings. The van der Waals surface area contributed by atoms with E-state index in [-0.39, 0.29) is 5.41 Å². The molecule has 0 spiro atoms. The van der Waals surface area contributed by atoms with Gasteiger partial charge in [-0.2, -0.15) is 0 Å². The highest BCUT2D eigenvalue weighted by molar-refractivity contribution is 7.12. The first-order valence-electron chi connectivity index (χ1n) is 17.1. The van der Waals surface area contributed by atoms with Gasteiger partial charge in [-0.25, -0.2) is 0 Å². The Morgan fingerprint density at radius 3 is 1.49 bits per heavy atom. The van der Waals surface area contributed by atoms with Gasteiger partial charge in [0.25, 0.3) is 0 Å². The van der Waals surface area contributed by atoms with Crippen molar-refractivity contribution in [2.75, 3.05) is 0 Å². The van der Waals surface area contributed by atoms with E-state index in [0.717, 1.165) is 39.2 Å². The minimum absolute atomic E-state index is 0.0650. The molecule has 240 valence electrons. The normalized spacial score (nSPS) is 15.4. The third-order valence-electron chi connectivity index (χ3n) is 9.05. The van der Waals surface area contributed by atoms with Crippen molar-refractivity contribution in [3.63, 3.8) is 0 Å². The SMILES string of the molecule is CCCCCCc1ccc(C#Cc2cc(C(C)(C)C)cc(C#Cc3ccc(CCCCCC)s3)c2B2OC(C)(C)C(C)(C)O2)s1. The molecule has 45 heavy (non-hydrogen) atoms. The van der Waals surface area contributed by atoms with E-state index in [0.29, 0.717) is 0 Å². The van der Waals surface area contributed by atoms with Crippen molar-refractivity contribution in [2.45, 2.75) is 143 Å². The molecular formula is C40H53BO2S2. The van der Waals surface area contributed by atoms with Gasteiger partial charge in [0, 0.05) is 26.3 Å². The summed E-state index contributed by atoms with van der Waals surface area (Å²) in [6.07, 6.45) is 12.5. The second-order valence-electron chi connectivity index (χ2n) is 14.5. The van der Waals surface area contributed by atoms with Crippen LogP contribution in [0.5, 0.6) is 0 Å². The Morgan fingerprint density at radius 2 is 1.09 bits per heavy atom. The molecule has 5 heteroatoms. The van der Waals surface area contributed by atoms with E-state index in [9.17, 15) is 0 Å². The van der Waals surface area contributed by atoms with Crippen molar-refractivity contribution in [3.8, 4) is 23.7 Å². The summed E-state index contributed by atoms with van der Waals surface area (Å²) < 4.78 is 13.3. The lowest BCUT2D eigenvalue weighted by atomic mass is 9.70. The Balaban J connectivity index is 1.74. The number of hydrogen-bond donors (Lipinski definition) is 0. The first-order valence-corrected chi connectivity index (χ1v) is 18.7. The molecule has 1 aliphatic heterocycles. The first kappa shape index (κ1) is 35.6. The maximum absolute atomic E-state index is 6.64. The van der Waals surface area contributed by atoms with Crippen molar-refractivity contribution in [1.29, 1.82) is 0 Å². The van der Waals surface area contributed by atoms with Crippen molar-refractivity contribution >= 4 is 35.3 Å². The van der Waals surface area contributed by atoms with Crippen LogP contribution in [0.1, 0.15) is 150 Å². The van der Waals surface area contributed by atoms with Crippen molar-refractivity contribution in [2.24, 2.45) is 0 Å². The lowest BCUT2D eigenvalue weighted by Crippen LogP contribution is -2.41. The summed E-state index contributed by atoms with van der Waals surface area (Å²) in [5, 5.41) is 0. The highest BCUT2D eigenvalue weighted by atomic mass is 32.1. The lowest BCUT2D eigenvalue weighted by molar-refractivity contribution is 0.00578. The number of aryl methyl sites for hydroxylation is 2. The van der Waals surface area contributed by atoms with Crippen LogP contribution in [-0.4, -0.2) is 18.3 Å². The molecule has 2 aromatic heterocycles. The van der Waals surface area contributed by atoms with Gasteiger partial charge < -0.3 is 9.31 Å². The van der Waals surface area contributed by atoms with Gasteiger partial charge in [0.05, 0.1) is 21.0 Å². The first-order chi connectivity index (χ1) is 21.3. The van der Waals surface area contributed by atoms with Crippen LogP contribution in [0, 0.1) is 23.7 Å². The zero-order valence-electron chi connectivity index (χ0n) is 29.2. The molecule has 0 radical (unpaired) electrons. The summed E-state index contributed by atoms with van der Waals surface area (Å²) in [6, 6.07) is 13.3. The Kier molecular flexibility index (Phi) is 12.3. The van der Waals surface area contributed by atoms with Crippen LogP contribution in [0.25, 0.3) is 0 Å². The molecule has 0 bridgehead atoms. The number of unbranched alkanes of at least 4 members (excludes halogenated alkanes) is 6. The predicted octanol–water partition coefficient (Wildman–Crippen LogP) is 10.5. The standard InChI is InChI=1S/C40H53BO2S2/c1-10-12-14-16-18-33-24-26-35(44-33)22-20-30-28-32(38(3,4)5)29-31(37(30)41-42-39(6,7)40(8,9)43-41)21-23-36-27-25-34(45-36)19-17-15-13-11-2/h24-29H,10-19H2,1-9H3. The molecule has 3 heterocycles. The molecule has 1 saturated heterocycles. The highest BCUT2D eigenvalue weighted by Gasteiger charge is 2.53. The van der Waals surface area contributed by atoms with Gasteiger partial charge >= 0.3 is 7.12 Å². The second kappa shape index (κ2) is 15.5. The smallest absolute Gasteiger partial charge is 0.399 e. The molecule has 0 unspecified atom stereocenters. The Hall–Kier alpha value is -2.28. The Bertz CT molecular complexity index is 1440. The zero-order chi connectivity index (χ0) is 32.7. The Morgan fingerprint density at radius 1 is 0.644 bits per heavy atom. The number of hydrogen-bond acceptors (Lipinski definition) is 4. The van der Waals surface area contributed by atoms with Gasteiger partial charge in [-0.1, -0.05) is 96.8 Å². The maximum atomic E-state index is 6.64. The molecule has 4 rings (SSSR count). The summed E-state index contributed by atoms with van der Waals surface area (Å²) in [6.45, 7) is 19.7. The van der Waals surface area contributed by atoms with Crippen LogP contribution < -0.4 is 5.46 Å². The topological polar surface area (TPSA) is 18.5 Å². The number of benzene rings is 1. The molecule has 2 nitrogen and oxygen atoms in total. The number of thiophene rings is 2. The van der Waals surface area contributed by atoms with Crippen molar-refractivity contribution in [1.82, 2.24) is 0 Å². The molecule has 1 aromatic carbocycles. The third kappa shape index (κ3) is 9.62. The molecule has 0 aliphatic carbocycles. The van der Waals surface area contributed by atoms with Gasteiger partial charge in [-0.05, 0) is 101 Å².